The van der Waals surface area contributed by atoms with E-state index < -0.39 is 5.60 Å². The van der Waals surface area contributed by atoms with Gasteiger partial charge in [0.2, 0.25) is 0 Å². The molecule has 1 saturated carbocycles. The van der Waals surface area contributed by atoms with Crippen molar-refractivity contribution in [2.75, 3.05) is 0 Å². The number of fused-ring (bicyclic) bond motifs is 1. The van der Waals surface area contributed by atoms with Crippen LogP contribution in [0.15, 0.2) is 24.3 Å². The number of aliphatic hydroxyl groups is 1. The van der Waals surface area contributed by atoms with E-state index in [1.807, 2.05) is 13.8 Å². The highest BCUT2D eigenvalue weighted by Crippen LogP contribution is 2.60. The zero-order valence-electron chi connectivity index (χ0n) is 17.3. The van der Waals surface area contributed by atoms with Crippen LogP contribution in [0.4, 0.5) is 0 Å². The SMILES string of the molecule is CC(CCCC(C)(C)O)C1CCC2C(c3cc(O)cc(O)c3)=CCC[C@@]21C. The molecule has 0 radical (unpaired) electrons. The second kappa shape index (κ2) is 7.50. The number of hydrogen-bond acceptors (Lipinski definition) is 3. The van der Waals surface area contributed by atoms with Crippen LogP contribution in [-0.4, -0.2) is 20.9 Å². The predicted octanol–water partition coefficient (Wildman–Crippen LogP) is 5.88. The first-order chi connectivity index (χ1) is 12.6. The van der Waals surface area contributed by atoms with E-state index in [9.17, 15) is 15.3 Å². The van der Waals surface area contributed by atoms with E-state index in [0.29, 0.717) is 17.8 Å². The van der Waals surface area contributed by atoms with Crippen LogP contribution < -0.4 is 0 Å². The zero-order chi connectivity index (χ0) is 19.8. The highest BCUT2D eigenvalue weighted by molar-refractivity contribution is 5.71. The Hall–Kier alpha value is -1.48. The topological polar surface area (TPSA) is 60.7 Å². The van der Waals surface area contributed by atoms with Crippen LogP contribution in [-0.2, 0) is 0 Å². The maximum Gasteiger partial charge on any atom is 0.119 e. The lowest BCUT2D eigenvalue weighted by atomic mass is 9.61. The molecule has 0 heterocycles. The summed E-state index contributed by atoms with van der Waals surface area (Å²) in [5.74, 6) is 2.10. The fraction of sp³-hybridized carbons (Fsp3) is 0.667. The summed E-state index contributed by atoms with van der Waals surface area (Å²) >= 11 is 0. The second-order valence-electron chi connectivity index (χ2n) is 9.86. The van der Waals surface area contributed by atoms with Crippen molar-refractivity contribution in [3.8, 4) is 11.5 Å². The van der Waals surface area contributed by atoms with E-state index in [2.05, 4.69) is 19.9 Å². The van der Waals surface area contributed by atoms with Gasteiger partial charge in [-0.05, 0) is 92.4 Å². The van der Waals surface area contributed by atoms with Gasteiger partial charge in [-0.3, -0.25) is 0 Å². The first-order valence-corrected chi connectivity index (χ1v) is 10.6. The monoisotopic (exact) mass is 372 g/mol. The largest absolute Gasteiger partial charge is 0.508 e. The van der Waals surface area contributed by atoms with Crippen molar-refractivity contribution in [2.45, 2.75) is 78.2 Å². The zero-order valence-corrected chi connectivity index (χ0v) is 17.3. The Morgan fingerprint density at radius 2 is 1.81 bits per heavy atom. The van der Waals surface area contributed by atoms with Crippen molar-refractivity contribution >= 4 is 5.57 Å². The Kier molecular flexibility index (Phi) is 5.63. The third kappa shape index (κ3) is 4.34. The molecule has 0 saturated heterocycles. The molecule has 3 nitrogen and oxygen atoms in total. The van der Waals surface area contributed by atoms with Crippen LogP contribution in [0.1, 0.15) is 78.2 Å². The van der Waals surface area contributed by atoms with Gasteiger partial charge in [-0.15, -0.1) is 0 Å². The van der Waals surface area contributed by atoms with Gasteiger partial charge in [0, 0.05) is 6.07 Å². The fourth-order valence-electron chi connectivity index (χ4n) is 5.89. The van der Waals surface area contributed by atoms with Gasteiger partial charge in [-0.25, -0.2) is 0 Å². The molecule has 1 aromatic carbocycles. The number of phenols is 2. The number of rotatable bonds is 6. The van der Waals surface area contributed by atoms with Crippen LogP contribution in [0, 0.1) is 23.2 Å². The maximum absolute atomic E-state index is 9.99. The van der Waals surface area contributed by atoms with Gasteiger partial charge in [0.1, 0.15) is 11.5 Å². The minimum Gasteiger partial charge on any atom is -0.508 e. The lowest BCUT2D eigenvalue weighted by Gasteiger charge is -2.43. The molecule has 3 rings (SSSR count). The molecule has 0 aromatic heterocycles. The fourth-order valence-corrected chi connectivity index (χ4v) is 5.89. The van der Waals surface area contributed by atoms with E-state index in [1.54, 1.807) is 12.1 Å². The Morgan fingerprint density at radius 1 is 1.15 bits per heavy atom. The summed E-state index contributed by atoms with van der Waals surface area (Å²) < 4.78 is 0. The average Bonchev–Trinajstić information content (AvgIpc) is 2.89. The van der Waals surface area contributed by atoms with Crippen molar-refractivity contribution in [3.05, 3.63) is 29.8 Å². The van der Waals surface area contributed by atoms with E-state index >= 15 is 0 Å². The molecule has 0 spiro atoms. The molecule has 0 bridgehead atoms. The molecule has 3 N–H and O–H groups in total. The van der Waals surface area contributed by atoms with Crippen molar-refractivity contribution < 1.29 is 15.3 Å². The first-order valence-electron chi connectivity index (χ1n) is 10.6. The van der Waals surface area contributed by atoms with Gasteiger partial charge in [0.15, 0.2) is 0 Å². The van der Waals surface area contributed by atoms with Gasteiger partial charge >= 0.3 is 0 Å². The van der Waals surface area contributed by atoms with Gasteiger partial charge in [-0.1, -0.05) is 32.8 Å². The molecule has 3 unspecified atom stereocenters. The summed E-state index contributed by atoms with van der Waals surface area (Å²) in [6.07, 6.45) is 10.1. The van der Waals surface area contributed by atoms with E-state index in [-0.39, 0.29) is 16.9 Å². The highest BCUT2D eigenvalue weighted by atomic mass is 16.3. The van der Waals surface area contributed by atoms with Gasteiger partial charge in [0.25, 0.3) is 0 Å². The number of hydrogen-bond donors (Lipinski definition) is 3. The molecule has 0 amide bonds. The van der Waals surface area contributed by atoms with Gasteiger partial charge < -0.3 is 15.3 Å². The quantitative estimate of drug-likeness (QED) is 0.584. The lowest BCUT2D eigenvalue weighted by molar-refractivity contribution is 0.0620. The first kappa shape index (κ1) is 20.3. The van der Waals surface area contributed by atoms with Crippen LogP contribution >= 0.6 is 0 Å². The molecule has 0 aliphatic heterocycles. The number of benzene rings is 1. The molecular weight excluding hydrogens is 336 g/mol. The van der Waals surface area contributed by atoms with Crippen molar-refractivity contribution in [2.24, 2.45) is 23.2 Å². The van der Waals surface area contributed by atoms with Gasteiger partial charge in [-0.2, -0.15) is 0 Å². The third-order valence-corrected chi connectivity index (χ3v) is 7.20. The Balaban J connectivity index is 1.76. The third-order valence-electron chi connectivity index (χ3n) is 7.20. The summed E-state index contributed by atoms with van der Waals surface area (Å²) in [5.41, 5.74) is 1.99. The summed E-state index contributed by atoms with van der Waals surface area (Å²) in [7, 11) is 0. The molecule has 1 aromatic rings. The number of phenolic OH excluding ortho intramolecular Hbond substituents is 2. The molecular formula is C24H36O3. The predicted molar refractivity (Wildman–Crippen MR) is 111 cm³/mol. The second-order valence-corrected chi connectivity index (χ2v) is 9.86. The average molecular weight is 373 g/mol. The van der Waals surface area contributed by atoms with Crippen LogP contribution in [0.2, 0.25) is 0 Å². The smallest absolute Gasteiger partial charge is 0.119 e. The Morgan fingerprint density at radius 3 is 2.44 bits per heavy atom. The highest BCUT2D eigenvalue weighted by Gasteiger charge is 2.50. The molecule has 2 aliphatic carbocycles. The van der Waals surface area contributed by atoms with E-state index in [0.717, 1.165) is 24.8 Å². The minimum absolute atomic E-state index is 0.132. The summed E-state index contributed by atoms with van der Waals surface area (Å²) in [6, 6.07) is 4.98. The lowest BCUT2D eigenvalue weighted by Crippen LogP contribution is -2.35. The van der Waals surface area contributed by atoms with Crippen molar-refractivity contribution in [1.82, 2.24) is 0 Å². The van der Waals surface area contributed by atoms with E-state index in [1.165, 1.54) is 37.3 Å². The van der Waals surface area contributed by atoms with E-state index in [4.69, 9.17) is 0 Å². The molecule has 150 valence electrons. The summed E-state index contributed by atoms with van der Waals surface area (Å²) in [5, 5.41) is 29.8. The molecule has 4 atom stereocenters. The molecule has 2 aliphatic rings. The molecule has 3 heteroatoms. The van der Waals surface area contributed by atoms with Crippen molar-refractivity contribution in [3.63, 3.8) is 0 Å². The Labute approximate surface area is 164 Å². The van der Waals surface area contributed by atoms with Crippen molar-refractivity contribution in [1.29, 1.82) is 0 Å². The number of aromatic hydroxyl groups is 2. The minimum atomic E-state index is -0.570. The molecule has 27 heavy (non-hydrogen) atoms. The van der Waals surface area contributed by atoms with Crippen LogP contribution in [0.5, 0.6) is 11.5 Å². The summed E-state index contributed by atoms with van der Waals surface area (Å²) in [6.45, 7) is 8.64. The number of allylic oxidation sites excluding steroid dienone is 2. The standard InChI is InChI=1S/C24H36O3/c1-16(7-5-11-23(2,3)27)21-9-10-22-20(8-6-12-24(21,22)4)17-13-18(25)15-19(26)14-17/h8,13-16,21-22,25-27H,5-7,9-12H2,1-4H3/t16?,21?,22?,24-/m1/s1. The maximum atomic E-state index is 9.99. The van der Waals surface area contributed by atoms with Gasteiger partial charge in [0.05, 0.1) is 5.60 Å². The molecule has 1 fully saturated rings. The van der Waals surface area contributed by atoms with Crippen LogP contribution in [0.3, 0.4) is 0 Å². The van der Waals surface area contributed by atoms with Crippen LogP contribution in [0.25, 0.3) is 5.57 Å². The summed E-state index contributed by atoms with van der Waals surface area (Å²) in [4.78, 5) is 0. The normalized spacial score (nSPS) is 29.3. The Bertz CT molecular complexity index is 680.